The maximum Gasteiger partial charge on any atom is 0.240 e. The second-order valence-corrected chi connectivity index (χ2v) is 10.3. The number of nitrogens with one attached hydrogen (secondary N) is 2. The molecule has 0 aliphatic carbocycles. The molecule has 0 unspecified atom stereocenters. The van der Waals surface area contributed by atoms with Gasteiger partial charge in [-0.2, -0.15) is 0 Å². The van der Waals surface area contributed by atoms with Gasteiger partial charge in [0, 0.05) is 32.2 Å². The fourth-order valence-corrected chi connectivity index (χ4v) is 5.20. The highest BCUT2D eigenvalue weighted by molar-refractivity contribution is 7.89. The third-order valence-electron chi connectivity index (χ3n) is 4.39. The number of benzene rings is 1. The fourth-order valence-electron chi connectivity index (χ4n) is 2.98. The predicted octanol–water partition coefficient (Wildman–Crippen LogP) is 0.903. The van der Waals surface area contributed by atoms with Crippen LogP contribution in [0.1, 0.15) is 25.3 Å². The van der Waals surface area contributed by atoms with E-state index in [1.165, 1.54) is 23.6 Å². The van der Waals surface area contributed by atoms with Crippen LogP contribution in [-0.2, 0) is 24.8 Å². The molecule has 1 aliphatic rings. The molecule has 10 heteroatoms. The summed E-state index contributed by atoms with van der Waals surface area (Å²) in [6, 6.07) is 4.63. The van der Waals surface area contributed by atoms with E-state index >= 15 is 0 Å². The summed E-state index contributed by atoms with van der Waals surface area (Å²) in [5, 5.41) is 2.62. The summed E-state index contributed by atoms with van der Waals surface area (Å²) in [4.78, 5) is 11.3. The van der Waals surface area contributed by atoms with Crippen molar-refractivity contribution in [1.29, 1.82) is 0 Å². The molecule has 2 rings (SSSR count). The predicted molar refractivity (Wildman–Crippen MR) is 99.8 cm³/mol. The van der Waals surface area contributed by atoms with Gasteiger partial charge in [0.15, 0.2) is 0 Å². The number of hydrogen-bond acceptors (Lipinski definition) is 5. The number of amides is 1. The van der Waals surface area contributed by atoms with E-state index in [-0.39, 0.29) is 23.3 Å². The lowest BCUT2D eigenvalue weighted by Gasteiger charge is -2.30. The summed E-state index contributed by atoms with van der Waals surface area (Å²) >= 11 is 0. The van der Waals surface area contributed by atoms with Crippen molar-refractivity contribution in [2.75, 3.05) is 31.2 Å². The molecule has 1 aromatic rings. The summed E-state index contributed by atoms with van der Waals surface area (Å²) in [5.74, 6) is -0.125. The third-order valence-corrected chi connectivity index (χ3v) is 7.28. The lowest BCUT2D eigenvalue weighted by molar-refractivity contribution is -0.114. The van der Waals surface area contributed by atoms with E-state index in [0.717, 1.165) is 0 Å². The van der Waals surface area contributed by atoms with Crippen LogP contribution in [-0.4, -0.2) is 52.9 Å². The molecule has 146 valence electrons. The third kappa shape index (κ3) is 5.50. The Morgan fingerprint density at radius 2 is 1.81 bits per heavy atom. The lowest BCUT2D eigenvalue weighted by atomic mass is 9.99. The first kappa shape index (κ1) is 20.8. The monoisotopic (exact) mass is 403 g/mol. The highest BCUT2D eigenvalue weighted by Crippen LogP contribution is 2.22. The first-order valence-corrected chi connectivity index (χ1v) is 11.7. The van der Waals surface area contributed by atoms with Gasteiger partial charge in [-0.1, -0.05) is 0 Å². The van der Waals surface area contributed by atoms with Crippen LogP contribution < -0.4 is 10.0 Å². The molecule has 0 saturated carbocycles. The van der Waals surface area contributed by atoms with Crippen LogP contribution in [0.4, 0.5) is 5.69 Å². The standard InChI is InChI=1S/C16H25N3O5S2/c1-12-10-15(18-13(2)20)4-5-16(12)26(23,24)17-11-14-6-8-19(9-7-14)25(3,21)22/h4-5,10,14,17H,6-9,11H2,1-3H3,(H,18,20). The topological polar surface area (TPSA) is 113 Å². The van der Waals surface area contributed by atoms with Crippen molar-refractivity contribution in [2.45, 2.75) is 31.6 Å². The highest BCUT2D eigenvalue weighted by Gasteiger charge is 2.26. The van der Waals surface area contributed by atoms with Crippen LogP contribution in [0.2, 0.25) is 0 Å². The molecule has 1 aliphatic heterocycles. The quantitative estimate of drug-likeness (QED) is 0.733. The Morgan fingerprint density at radius 1 is 1.19 bits per heavy atom. The first-order chi connectivity index (χ1) is 12.0. The van der Waals surface area contributed by atoms with Crippen LogP contribution >= 0.6 is 0 Å². The molecule has 1 fully saturated rings. The second kappa shape index (κ2) is 8.03. The summed E-state index contributed by atoms with van der Waals surface area (Å²) < 4.78 is 52.2. The zero-order valence-electron chi connectivity index (χ0n) is 15.1. The van der Waals surface area contributed by atoms with Crippen LogP contribution in [0.25, 0.3) is 0 Å². The van der Waals surface area contributed by atoms with Gasteiger partial charge in [0.05, 0.1) is 11.2 Å². The Bertz CT molecular complexity index is 873. The number of hydrogen-bond donors (Lipinski definition) is 2. The van der Waals surface area contributed by atoms with Gasteiger partial charge in [-0.3, -0.25) is 4.79 Å². The molecule has 0 atom stereocenters. The molecular formula is C16H25N3O5S2. The maximum absolute atomic E-state index is 12.5. The van der Waals surface area contributed by atoms with Gasteiger partial charge < -0.3 is 5.32 Å². The Labute approximate surface area is 155 Å². The highest BCUT2D eigenvalue weighted by atomic mass is 32.2. The average molecular weight is 404 g/mol. The summed E-state index contributed by atoms with van der Waals surface area (Å²) in [6.07, 6.45) is 2.43. The van der Waals surface area contributed by atoms with Crippen molar-refractivity contribution in [3.8, 4) is 0 Å². The summed E-state index contributed by atoms with van der Waals surface area (Å²) in [6.45, 7) is 4.15. The van der Waals surface area contributed by atoms with Gasteiger partial charge in [-0.25, -0.2) is 25.9 Å². The molecular weight excluding hydrogens is 378 g/mol. The fraction of sp³-hybridized carbons (Fsp3) is 0.562. The average Bonchev–Trinajstić information content (AvgIpc) is 2.52. The normalized spacial score (nSPS) is 17.2. The van der Waals surface area contributed by atoms with E-state index in [9.17, 15) is 21.6 Å². The van der Waals surface area contributed by atoms with Crippen molar-refractivity contribution >= 4 is 31.6 Å². The van der Waals surface area contributed by atoms with E-state index in [4.69, 9.17) is 0 Å². The van der Waals surface area contributed by atoms with Crippen molar-refractivity contribution in [1.82, 2.24) is 9.03 Å². The number of rotatable bonds is 6. The van der Waals surface area contributed by atoms with Crippen molar-refractivity contribution in [2.24, 2.45) is 5.92 Å². The molecule has 1 aromatic carbocycles. The Morgan fingerprint density at radius 3 is 2.31 bits per heavy atom. The Balaban J connectivity index is 1.98. The van der Waals surface area contributed by atoms with Gasteiger partial charge in [0.1, 0.15) is 0 Å². The van der Waals surface area contributed by atoms with E-state index in [2.05, 4.69) is 10.0 Å². The number of anilines is 1. The van der Waals surface area contributed by atoms with E-state index < -0.39 is 20.0 Å². The van der Waals surface area contributed by atoms with Crippen molar-refractivity contribution in [3.63, 3.8) is 0 Å². The number of piperidine rings is 1. The number of carbonyl (C=O) groups is 1. The lowest BCUT2D eigenvalue weighted by Crippen LogP contribution is -2.41. The van der Waals surface area contributed by atoms with Gasteiger partial charge in [-0.15, -0.1) is 0 Å². The molecule has 0 spiro atoms. The van der Waals surface area contributed by atoms with E-state index in [1.54, 1.807) is 19.1 Å². The SMILES string of the molecule is CC(=O)Nc1ccc(S(=O)(=O)NCC2CCN(S(C)(=O)=O)CC2)c(C)c1. The van der Waals surface area contributed by atoms with Crippen molar-refractivity contribution < 1.29 is 21.6 Å². The molecule has 8 nitrogen and oxygen atoms in total. The molecule has 1 saturated heterocycles. The minimum absolute atomic E-state index is 0.0988. The molecule has 2 N–H and O–H groups in total. The minimum Gasteiger partial charge on any atom is -0.326 e. The van der Waals surface area contributed by atoms with E-state index in [0.29, 0.717) is 37.2 Å². The Kier molecular flexibility index (Phi) is 6.43. The summed E-state index contributed by atoms with van der Waals surface area (Å²) in [5.41, 5.74) is 1.08. The molecule has 0 bridgehead atoms. The van der Waals surface area contributed by atoms with Gasteiger partial charge in [-0.05, 0) is 49.4 Å². The molecule has 1 amide bonds. The van der Waals surface area contributed by atoms with Crippen LogP contribution in [0.3, 0.4) is 0 Å². The minimum atomic E-state index is -3.67. The largest absolute Gasteiger partial charge is 0.326 e. The van der Waals surface area contributed by atoms with Crippen LogP contribution in [0.15, 0.2) is 23.1 Å². The molecule has 26 heavy (non-hydrogen) atoms. The summed E-state index contributed by atoms with van der Waals surface area (Å²) in [7, 11) is -6.86. The molecule has 0 aromatic heterocycles. The van der Waals surface area contributed by atoms with E-state index in [1.807, 2.05) is 0 Å². The molecule has 1 heterocycles. The number of nitrogens with zero attached hydrogens (tertiary/aromatic N) is 1. The maximum atomic E-state index is 12.5. The Hall–Kier alpha value is -1.49. The van der Waals surface area contributed by atoms with Crippen molar-refractivity contribution in [3.05, 3.63) is 23.8 Å². The van der Waals surface area contributed by atoms with Gasteiger partial charge in [0.2, 0.25) is 26.0 Å². The van der Waals surface area contributed by atoms with Crippen LogP contribution in [0, 0.1) is 12.8 Å². The zero-order valence-corrected chi connectivity index (χ0v) is 16.8. The van der Waals surface area contributed by atoms with Gasteiger partial charge in [0.25, 0.3) is 0 Å². The zero-order chi connectivity index (χ0) is 19.5. The number of sulfonamides is 2. The van der Waals surface area contributed by atoms with Gasteiger partial charge >= 0.3 is 0 Å². The number of carbonyl (C=O) groups excluding carboxylic acids is 1. The second-order valence-electron chi connectivity index (χ2n) is 6.62. The smallest absolute Gasteiger partial charge is 0.240 e. The van der Waals surface area contributed by atoms with Crippen LogP contribution in [0.5, 0.6) is 0 Å². The number of aryl methyl sites for hydroxylation is 1. The first-order valence-electron chi connectivity index (χ1n) is 8.32. The molecule has 0 radical (unpaired) electrons.